The largest absolute Gasteiger partial charge is 0.496 e. The lowest BCUT2D eigenvalue weighted by Crippen LogP contribution is -2.43. The summed E-state index contributed by atoms with van der Waals surface area (Å²) in [4.78, 5) is 4.98. The zero-order valence-electron chi connectivity index (χ0n) is 20.8. The number of hydrogen-bond donors (Lipinski definition) is 0. The van der Waals surface area contributed by atoms with E-state index in [0.717, 1.165) is 75.4 Å². The van der Waals surface area contributed by atoms with Gasteiger partial charge in [-0.25, -0.2) is 0 Å². The molecule has 1 heterocycles. The quantitative estimate of drug-likeness (QED) is 0.261. The molecule has 9 heteroatoms. The number of benzene rings is 1. The van der Waals surface area contributed by atoms with Gasteiger partial charge in [-0.05, 0) is 77.3 Å². The second-order valence-corrected chi connectivity index (χ2v) is 10.3. The first-order valence-electron chi connectivity index (χ1n) is 11.9. The van der Waals surface area contributed by atoms with Gasteiger partial charge in [0.1, 0.15) is 11.5 Å². The average Bonchev–Trinajstić information content (AvgIpc) is 2.80. The predicted octanol–water partition coefficient (Wildman–Crippen LogP) is 3.15. The van der Waals surface area contributed by atoms with Gasteiger partial charge >= 0.3 is 0 Å². The molecule has 1 fully saturated rings. The summed E-state index contributed by atoms with van der Waals surface area (Å²) < 4.78 is 43.2. The van der Waals surface area contributed by atoms with Crippen LogP contribution in [0.4, 0.5) is 0 Å². The van der Waals surface area contributed by atoms with Crippen LogP contribution in [0.25, 0.3) is 0 Å². The summed E-state index contributed by atoms with van der Waals surface area (Å²) in [6.07, 6.45) is 7.07. The van der Waals surface area contributed by atoms with E-state index >= 15 is 0 Å². The third-order valence-electron chi connectivity index (χ3n) is 6.12. The van der Waals surface area contributed by atoms with E-state index in [1.807, 2.05) is 18.2 Å². The highest BCUT2D eigenvalue weighted by molar-refractivity contribution is 7.85. The Morgan fingerprint density at radius 3 is 2.12 bits per heavy atom. The molecule has 33 heavy (non-hydrogen) atoms. The van der Waals surface area contributed by atoms with E-state index in [4.69, 9.17) is 18.4 Å². The molecule has 0 saturated carbocycles. The maximum atomic E-state index is 10.9. The van der Waals surface area contributed by atoms with E-state index in [0.29, 0.717) is 19.1 Å². The second kappa shape index (κ2) is 14.8. The van der Waals surface area contributed by atoms with Crippen LogP contribution >= 0.6 is 0 Å². The molecule has 1 aliphatic rings. The van der Waals surface area contributed by atoms with Crippen molar-refractivity contribution in [3.63, 3.8) is 0 Å². The Kier molecular flexibility index (Phi) is 12.5. The van der Waals surface area contributed by atoms with Crippen molar-refractivity contribution in [1.82, 2.24) is 9.80 Å². The molecule has 0 spiro atoms. The maximum Gasteiger partial charge on any atom is 0.264 e. The molecule has 0 atom stereocenters. The van der Waals surface area contributed by atoms with Crippen molar-refractivity contribution in [2.75, 3.05) is 67.0 Å². The zero-order valence-corrected chi connectivity index (χ0v) is 21.6. The summed E-state index contributed by atoms with van der Waals surface area (Å²) >= 11 is 0. The Bertz CT molecular complexity index is 759. The molecular formula is C24H42N2O6S. The number of likely N-dealkylation sites (tertiary alicyclic amines) is 1. The number of rotatable bonds is 16. The summed E-state index contributed by atoms with van der Waals surface area (Å²) in [6, 6.07) is 6.58. The molecule has 1 aromatic carbocycles. The number of hydrogen-bond acceptors (Lipinski definition) is 8. The van der Waals surface area contributed by atoms with Crippen LogP contribution in [0.1, 0.15) is 44.1 Å². The van der Waals surface area contributed by atoms with E-state index in [1.54, 1.807) is 14.2 Å². The van der Waals surface area contributed by atoms with Crippen LogP contribution < -0.4 is 9.47 Å². The van der Waals surface area contributed by atoms with Gasteiger partial charge in [0.15, 0.2) is 0 Å². The van der Waals surface area contributed by atoms with E-state index in [-0.39, 0.29) is 6.61 Å². The Labute approximate surface area is 200 Å². The maximum absolute atomic E-state index is 10.9. The Morgan fingerprint density at radius 2 is 1.55 bits per heavy atom. The lowest BCUT2D eigenvalue weighted by Gasteiger charge is -2.37. The molecule has 0 amide bonds. The smallest absolute Gasteiger partial charge is 0.264 e. The van der Waals surface area contributed by atoms with Crippen molar-refractivity contribution in [2.24, 2.45) is 0 Å². The molecule has 8 nitrogen and oxygen atoms in total. The van der Waals surface area contributed by atoms with Gasteiger partial charge in [-0.3, -0.25) is 9.08 Å². The molecule has 0 unspecified atom stereocenters. The highest BCUT2D eigenvalue weighted by atomic mass is 32.2. The number of methoxy groups -OCH3 is 2. The first-order chi connectivity index (χ1) is 15.8. The third-order valence-corrected chi connectivity index (χ3v) is 6.72. The molecule has 1 saturated heterocycles. The van der Waals surface area contributed by atoms with Gasteiger partial charge in [0.05, 0.1) is 32.6 Å². The van der Waals surface area contributed by atoms with Crippen molar-refractivity contribution >= 4 is 10.1 Å². The first kappa shape index (κ1) is 27.9. The Hall–Kier alpha value is -1.39. The lowest BCUT2D eigenvalue weighted by molar-refractivity contribution is 0.106. The van der Waals surface area contributed by atoms with E-state index in [9.17, 15) is 8.42 Å². The summed E-state index contributed by atoms with van der Waals surface area (Å²) in [7, 11) is 2.32. The number of nitrogens with zero attached hydrogens (tertiary/aromatic N) is 2. The van der Waals surface area contributed by atoms with Gasteiger partial charge < -0.3 is 19.1 Å². The Balaban J connectivity index is 1.56. The van der Waals surface area contributed by atoms with E-state index in [1.165, 1.54) is 12.8 Å². The highest BCUT2D eigenvalue weighted by Gasteiger charge is 2.23. The van der Waals surface area contributed by atoms with Crippen molar-refractivity contribution < 1.29 is 26.8 Å². The standard InChI is InChI=1S/C24H42N2O6S/c1-25(14-5-6-17-31-18-7-8-19-32-33(4,27)28)21-12-15-26(16-13-21)20-22-23(29-2)10-9-11-24(22)30-3/h9-11,21H,5-8,12-20H2,1-4H3. The highest BCUT2D eigenvalue weighted by Crippen LogP contribution is 2.30. The molecule has 2 rings (SSSR count). The van der Waals surface area contributed by atoms with Gasteiger partial charge in [-0.2, -0.15) is 8.42 Å². The minimum absolute atomic E-state index is 0.234. The number of piperidine rings is 1. The summed E-state index contributed by atoms with van der Waals surface area (Å²) in [5.41, 5.74) is 1.12. The molecule has 0 aliphatic carbocycles. The number of ether oxygens (including phenoxy) is 3. The van der Waals surface area contributed by atoms with Gasteiger partial charge in [-0.1, -0.05) is 6.07 Å². The van der Waals surface area contributed by atoms with Gasteiger partial charge in [0, 0.05) is 25.8 Å². The molecule has 1 aromatic rings. The van der Waals surface area contributed by atoms with Gasteiger partial charge in [-0.15, -0.1) is 0 Å². The molecule has 1 aliphatic heterocycles. The van der Waals surface area contributed by atoms with Crippen LogP contribution in [0.15, 0.2) is 18.2 Å². The molecular weight excluding hydrogens is 444 g/mol. The van der Waals surface area contributed by atoms with Crippen LogP contribution in [0.5, 0.6) is 11.5 Å². The van der Waals surface area contributed by atoms with Gasteiger partial charge in [0.25, 0.3) is 10.1 Å². The van der Waals surface area contributed by atoms with Crippen molar-refractivity contribution in [3.8, 4) is 11.5 Å². The molecule has 0 aromatic heterocycles. The summed E-state index contributed by atoms with van der Waals surface area (Å²) in [5, 5.41) is 0. The monoisotopic (exact) mass is 486 g/mol. The SMILES string of the molecule is COc1cccc(OC)c1CN1CCC(N(C)CCCCOCCCCOS(C)(=O)=O)CC1. The van der Waals surface area contributed by atoms with Crippen LogP contribution in [-0.2, 0) is 25.6 Å². The zero-order chi connectivity index (χ0) is 24.1. The van der Waals surface area contributed by atoms with Crippen LogP contribution in [0.2, 0.25) is 0 Å². The second-order valence-electron chi connectivity index (χ2n) is 8.68. The van der Waals surface area contributed by atoms with Crippen molar-refractivity contribution in [2.45, 2.75) is 51.1 Å². The van der Waals surface area contributed by atoms with Crippen LogP contribution in [0, 0.1) is 0 Å². The molecule has 0 bridgehead atoms. The predicted molar refractivity (Wildman–Crippen MR) is 131 cm³/mol. The lowest BCUT2D eigenvalue weighted by atomic mass is 10.0. The normalized spacial score (nSPS) is 15.8. The molecule has 190 valence electrons. The van der Waals surface area contributed by atoms with Crippen molar-refractivity contribution in [1.29, 1.82) is 0 Å². The topological polar surface area (TPSA) is 77.5 Å². The fraction of sp³-hybridized carbons (Fsp3) is 0.750. The Morgan fingerprint density at radius 1 is 0.970 bits per heavy atom. The number of unbranched alkanes of at least 4 members (excludes halogenated alkanes) is 2. The third kappa shape index (κ3) is 10.6. The summed E-state index contributed by atoms with van der Waals surface area (Å²) in [6.45, 7) is 5.71. The minimum Gasteiger partial charge on any atom is -0.496 e. The molecule has 0 radical (unpaired) electrons. The van der Waals surface area contributed by atoms with Crippen molar-refractivity contribution in [3.05, 3.63) is 23.8 Å². The van der Waals surface area contributed by atoms with Crippen LogP contribution in [-0.4, -0.2) is 91.2 Å². The minimum atomic E-state index is -3.33. The van der Waals surface area contributed by atoms with Gasteiger partial charge in [0.2, 0.25) is 0 Å². The molecule has 0 N–H and O–H groups in total. The van der Waals surface area contributed by atoms with E-state index < -0.39 is 10.1 Å². The fourth-order valence-corrected chi connectivity index (χ4v) is 4.61. The average molecular weight is 487 g/mol. The van der Waals surface area contributed by atoms with E-state index in [2.05, 4.69) is 16.8 Å². The van der Waals surface area contributed by atoms with Crippen LogP contribution in [0.3, 0.4) is 0 Å². The summed E-state index contributed by atoms with van der Waals surface area (Å²) in [5.74, 6) is 1.77. The fourth-order valence-electron chi connectivity index (χ4n) is 4.19. The first-order valence-corrected chi connectivity index (χ1v) is 13.7.